The molecule has 0 aliphatic carbocycles. The Morgan fingerprint density at radius 3 is 2.63 bits per heavy atom. The number of pyridine rings is 1. The Labute approximate surface area is 158 Å². The minimum atomic E-state index is -0.418. The van der Waals surface area contributed by atoms with E-state index in [2.05, 4.69) is 15.4 Å². The highest BCUT2D eigenvalue weighted by Gasteiger charge is 2.23. The van der Waals surface area contributed by atoms with Crippen LogP contribution in [0.15, 0.2) is 29.3 Å². The van der Waals surface area contributed by atoms with E-state index in [1.807, 2.05) is 45.4 Å². The maximum absolute atomic E-state index is 12.8. The molecule has 3 rings (SSSR count). The first-order chi connectivity index (χ1) is 12.9. The molecule has 1 atom stereocenters. The van der Waals surface area contributed by atoms with Crippen LogP contribution in [-0.4, -0.2) is 25.1 Å². The van der Waals surface area contributed by atoms with Crippen molar-refractivity contribution in [1.29, 1.82) is 0 Å². The Morgan fingerprint density at radius 2 is 2.00 bits per heavy atom. The number of aromatic nitrogens is 4. The number of fused-ring (bicyclic) bond motifs is 1. The molecule has 27 heavy (non-hydrogen) atoms. The Hall–Kier alpha value is -2.96. The highest BCUT2D eigenvalue weighted by atomic mass is 16.2. The fourth-order valence-corrected chi connectivity index (χ4v) is 3.54. The molecule has 3 aromatic rings. The van der Waals surface area contributed by atoms with Gasteiger partial charge in [0.05, 0.1) is 11.7 Å². The summed E-state index contributed by atoms with van der Waals surface area (Å²) in [4.78, 5) is 29.9. The minimum absolute atomic E-state index is 0.0368. The Kier molecular flexibility index (Phi) is 5.12. The lowest BCUT2D eigenvalue weighted by molar-refractivity contribution is 0.0933. The molecule has 0 bridgehead atoms. The molecule has 0 aliphatic heterocycles. The van der Waals surface area contributed by atoms with E-state index in [1.54, 1.807) is 12.3 Å². The monoisotopic (exact) mass is 367 g/mol. The maximum atomic E-state index is 12.8. The lowest BCUT2D eigenvalue weighted by atomic mass is 10.0. The van der Waals surface area contributed by atoms with Crippen molar-refractivity contribution in [2.45, 2.75) is 53.6 Å². The molecule has 1 amide bonds. The Balaban J connectivity index is 1.97. The molecule has 0 aliphatic rings. The predicted molar refractivity (Wildman–Crippen MR) is 104 cm³/mol. The van der Waals surface area contributed by atoms with Gasteiger partial charge in [0.2, 0.25) is 0 Å². The molecule has 0 spiro atoms. The van der Waals surface area contributed by atoms with Crippen LogP contribution in [-0.2, 0) is 6.54 Å². The van der Waals surface area contributed by atoms with Crippen LogP contribution in [0.4, 0.5) is 0 Å². The molecule has 3 aromatic heterocycles. The van der Waals surface area contributed by atoms with Gasteiger partial charge in [0.15, 0.2) is 0 Å². The van der Waals surface area contributed by atoms with Crippen molar-refractivity contribution >= 4 is 11.6 Å². The number of nitrogens with one attached hydrogen (secondary N) is 1. The first-order valence-electron chi connectivity index (χ1n) is 9.20. The zero-order valence-electron chi connectivity index (χ0n) is 16.4. The average molecular weight is 367 g/mol. The molecule has 0 unspecified atom stereocenters. The van der Waals surface area contributed by atoms with Crippen molar-refractivity contribution in [2.24, 2.45) is 0 Å². The average Bonchev–Trinajstić information content (AvgIpc) is 2.94. The summed E-state index contributed by atoms with van der Waals surface area (Å²) in [7, 11) is 0. The van der Waals surface area contributed by atoms with E-state index < -0.39 is 5.91 Å². The van der Waals surface area contributed by atoms with Crippen molar-refractivity contribution in [3.05, 3.63) is 63.0 Å². The SMILES string of the molecule is CC[C@H](NC(=O)c1cnc2c(C)cccn2c1=O)c1c(C)nn(CC)c1C. The molecule has 0 radical (unpaired) electrons. The van der Waals surface area contributed by atoms with Gasteiger partial charge in [-0.25, -0.2) is 4.98 Å². The fraction of sp³-hybridized carbons (Fsp3) is 0.400. The number of carbonyl (C=O) groups excluding carboxylic acids is 1. The Bertz CT molecular complexity index is 1060. The van der Waals surface area contributed by atoms with Gasteiger partial charge in [-0.3, -0.25) is 18.7 Å². The van der Waals surface area contributed by atoms with Gasteiger partial charge in [0, 0.05) is 30.2 Å². The summed E-state index contributed by atoms with van der Waals surface area (Å²) in [6, 6.07) is 3.44. The first-order valence-corrected chi connectivity index (χ1v) is 9.20. The summed E-state index contributed by atoms with van der Waals surface area (Å²) in [6.45, 7) is 10.6. The number of hydrogen-bond acceptors (Lipinski definition) is 4. The summed E-state index contributed by atoms with van der Waals surface area (Å²) in [5, 5.41) is 7.53. The Morgan fingerprint density at radius 1 is 1.26 bits per heavy atom. The van der Waals surface area contributed by atoms with E-state index in [1.165, 1.54) is 10.6 Å². The summed E-state index contributed by atoms with van der Waals surface area (Å²) in [6.07, 6.45) is 3.69. The van der Waals surface area contributed by atoms with Gasteiger partial charge in [0.25, 0.3) is 11.5 Å². The summed E-state index contributed by atoms with van der Waals surface area (Å²) >= 11 is 0. The third kappa shape index (κ3) is 3.25. The highest BCUT2D eigenvalue weighted by Crippen LogP contribution is 2.24. The van der Waals surface area contributed by atoms with Gasteiger partial charge >= 0.3 is 0 Å². The van der Waals surface area contributed by atoms with Crippen molar-refractivity contribution in [3.8, 4) is 0 Å². The van der Waals surface area contributed by atoms with Crippen molar-refractivity contribution in [3.63, 3.8) is 0 Å². The second-order valence-electron chi connectivity index (χ2n) is 6.70. The largest absolute Gasteiger partial charge is 0.345 e. The van der Waals surface area contributed by atoms with Gasteiger partial charge < -0.3 is 5.32 Å². The molecule has 0 fully saturated rings. The van der Waals surface area contributed by atoms with Gasteiger partial charge in [-0.1, -0.05) is 13.0 Å². The molecule has 142 valence electrons. The third-order valence-corrected chi connectivity index (χ3v) is 4.97. The lowest BCUT2D eigenvalue weighted by Gasteiger charge is -2.18. The van der Waals surface area contributed by atoms with Crippen LogP contribution in [0.2, 0.25) is 0 Å². The number of nitrogens with zero attached hydrogens (tertiary/aromatic N) is 4. The van der Waals surface area contributed by atoms with E-state index in [0.717, 1.165) is 29.1 Å². The molecule has 0 saturated carbocycles. The number of aryl methyl sites for hydroxylation is 3. The third-order valence-electron chi connectivity index (χ3n) is 4.97. The van der Waals surface area contributed by atoms with E-state index in [9.17, 15) is 9.59 Å². The second kappa shape index (κ2) is 7.34. The van der Waals surface area contributed by atoms with Gasteiger partial charge in [-0.05, 0) is 45.7 Å². The maximum Gasteiger partial charge on any atom is 0.270 e. The second-order valence-corrected chi connectivity index (χ2v) is 6.70. The van der Waals surface area contributed by atoms with Crippen LogP contribution in [0.5, 0.6) is 0 Å². The predicted octanol–water partition coefficient (Wildman–Crippen LogP) is 2.72. The lowest BCUT2D eigenvalue weighted by Crippen LogP contribution is -2.34. The van der Waals surface area contributed by atoms with Crippen molar-refractivity contribution in [2.75, 3.05) is 0 Å². The van der Waals surface area contributed by atoms with Gasteiger partial charge in [-0.15, -0.1) is 0 Å². The number of rotatable bonds is 5. The zero-order chi connectivity index (χ0) is 19.7. The molecular formula is C20H25N5O2. The summed E-state index contributed by atoms with van der Waals surface area (Å²) < 4.78 is 3.34. The standard InChI is InChI=1S/C20H25N5O2/c1-6-16(17-13(4)23-25(7-2)14(17)5)22-19(26)15-11-21-18-12(3)9-8-10-24(18)20(15)27/h8-11,16H,6-7H2,1-5H3,(H,22,26)/t16-/m0/s1. The molecule has 3 heterocycles. The van der Waals surface area contributed by atoms with Crippen LogP contribution < -0.4 is 10.9 Å². The molecule has 7 heteroatoms. The van der Waals surface area contributed by atoms with Crippen LogP contribution >= 0.6 is 0 Å². The topological polar surface area (TPSA) is 81.3 Å². The van der Waals surface area contributed by atoms with Crippen LogP contribution in [0.3, 0.4) is 0 Å². The van der Waals surface area contributed by atoms with Crippen LogP contribution in [0.1, 0.15) is 59.2 Å². The normalized spacial score (nSPS) is 12.3. The summed E-state index contributed by atoms with van der Waals surface area (Å²) in [5.74, 6) is -0.418. The smallest absolute Gasteiger partial charge is 0.270 e. The van der Waals surface area contributed by atoms with Crippen LogP contribution in [0, 0.1) is 20.8 Å². The molecule has 1 N–H and O–H groups in total. The minimum Gasteiger partial charge on any atom is -0.345 e. The zero-order valence-corrected chi connectivity index (χ0v) is 16.4. The highest BCUT2D eigenvalue weighted by molar-refractivity contribution is 5.94. The molecule has 0 aromatic carbocycles. The quantitative estimate of drug-likeness (QED) is 0.752. The van der Waals surface area contributed by atoms with Gasteiger partial charge in [-0.2, -0.15) is 5.10 Å². The number of amides is 1. The summed E-state index contributed by atoms with van der Waals surface area (Å²) in [5.41, 5.74) is 4.05. The van der Waals surface area contributed by atoms with E-state index >= 15 is 0 Å². The number of carbonyl (C=O) groups is 1. The molecule has 0 saturated heterocycles. The number of hydrogen-bond donors (Lipinski definition) is 1. The van der Waals surface area contributed by atoms with Crippen LogP contribution in [0.25, 0.3) is 5.65 Å². The van der Waals surface area contributed by atoms with Gasteiger partial charge in [0.1, 0.15) is 11.2 Å². The van der Waals surface area contributed by atoms with E-state index in [4.69, 9.17) is 0 Å². The molecule has 7 nitrogen and oxygen atoms in total. The first kappa shape index (κ1) is 18.8. The van der Waals surface area contributed by atoms with Crippen molar-refractivity contribution < 1.29 is 4.79 Å². The fourth-order valence-electron chi connectivity index (χ4n) is 3.54. The van der Waals surface area contributed by atoms with Crippen molar-refractivity contribution in [1.82, 2.24) is 24.5 Å². The molecular weight excluding hydrogens is 342 g/mol. The van der Waals surface area contributed by atoms with E-state index in [0.29, 0.717) is 12.1 Å². The van der Waals surface area contributed by atoms with E-state index in [-0.39, 0.29) is 17.2 Å².